The lowest BCUT2D eigenvalue weighted by molar-refractivity contribution is -0.138. The van der Waals surface area contributed by atoms with Gasteiger partial charge in [-0.25, -0.2) is 4.79 Å². The van der Waals surface area contributed by atoms with Crippen LogP contribution in [0.25, 0.3) is 11.3 Å². The van der Waals surface area contributed by atoms with Gasteiger partial charge in [-0.1, -0.05) is 19.1 Å². The fourth-order valence-electron chi connectivity index (χ4n) is 2.45. The van der Waals surface area contributed by atoms with Gasteiger partial charge in [0.1, 0.15) is 11.5 Å². The molecule has 0 saturated heterocycles. The molecule has 0 radical (unpaired) electrons. The first-order chi connectivity index (χ1) is 11.5. The van der Waals surface area contributed by atoms with Crippen molar-refractivity contribution < 1.29 is 23.8 Å². The Labute approximate surface area is 140 Å². The molecule has 6 heteroatoms. The number of hydrogen-bond donors (Lipinski definition) is 1. The number of benzene rings is 1. The summed E-state index contributed by atoms with van der Waals surface area (Å²) in [4.78, 5) is 24.2. The number of ether oxygens (including phenoxy) is 1. The van der Waals surface area contributed by atoms with Crippen LogP contribution in [0.1, 0.15) is 29.5 Å². The van der Waals surface area contributed by atoms with E-state index < -0.39 is 5.97 Å². The first-order valence-corrected chi connectivity index (χ1v) is 7.75. The summed E-state index contributed by atoms with van der Waals surface area (Å²) in [5.41, 5.74) is 1.32. The van der Waals surface area contributed by atoms with E-state index in [0.717, 1.165) is 12.0 Å². The van der Waals surface area contributed by atoms with E-state index in [2.05, 4.69) is 4.74 Å². The number of aliphatic carboxylic acids is 1. The van der Waals surface area contributed by atoms with E-state index >= 15 is 0 Å². The number of rotatable bonds is 8. The SMILES string of the molecule is CCCN(CC(=O)O)Cc1ccc(-c2ccc(C(=O)OC)cc2)o1. The molecule has 128 valence electrons. The molecule has 6 nitrogen and oxygen atoms in total. The van der Waals surface area contributed by atoms with Crippen LogP contribution in [-0.2, 0) is 16.1 Å². The first kappa shape index (κ1) is 17.7. The molecule has 1 heterocycles. The second kappa shape index (κ2) is 8.31. The summed E-state index contributed by atoms with van der Waals surface area (Å²) in [6.07, 6.45) is 0.871. The maximum absolute atomic E-state index is 11.4. The Morgan fingerprint density at radius 2 is 1.88 bits per heavy atom. The average molecular weight is 331 g/mol. The molecule has 1 N–H and O–H groups in total. The lowest BCUT2D eigenvalue weighted by Gasteiger charge is -2.17. The van der Waals surface area contributed by atoms with Crippen molar-refractivity contribution in [1.82, 2.24) is 4.90 Å². The van der Waals surface area contributed by atoms with Gasteiger partial charge in [-0.2, -0.15) is 0 Å². The molecule has 1 aromatic carbocycles. The monoisotopic (exact) mass is 331 g/mol. The van der Waals surface area contributed by atoms with Crippen LogP contribution in [0.3, 0.4) is 0 Å². The minimum Gasteiger partial charge on any atom is -0.480 e. The Morgan fingerprint density at radius 1 is 1.17 bits per heavy atom. The highest BCUT2D eigenvalue weighted by Crippen LogP contribution is 2.23. The minimum absolute atomic E-state index is 0.0162. The van der Waals surface area contributed by atoms with Gasteiger partial charge in [0.05, 0.1) is 25.8 Å². The van der Waals surface area contributed by atoms with E-state index in [1.165, 1.54) is 7.11 Å². The zero-order chi connectivity index (χ0) is 17.5. The zero-order valence-corrected chi connectivity index (χ0v) is 13.8. The van der Waals surface area contributed by atoms with E-state index in [-0.39, 0.29) is 12.5 Å². The van der Waals surface area contributed by atoms with Gasteiger partial charge in [0, 0.05) is 5.56 Å². The molecular formula is C18H21NO5. The molecule has 0 amide bonds. The summed E-state index contributed by atoms with van der Waals surface area (Å²) in [5, 5.41) is 8.95. The van der Waals surface area contributed by atoms with Gasteiger partial charge < -0.3 is 14.3 Å². The molecule has 2 aromatic rings. The molecule has 0 unspecified atom stereocenters. The number of nitrogens with zero attached hydrogens (tertiary/aromatic N) is 1. The Hall–Kier alpha value is -2.60. The van der Waals surface area contributed by atoms with Crippen molar-refractivity contribution in [3.63, 3.8) is 0 Å². The van der Waals surface area contributed by atoms with Crippen molar-refractivity contribution in [2.75, 3.05) is 20.2 Å². The van der Waals surface area contributed by atoms with Gasteiger partial charge >= 0.3 is 11.9 Å². The predicted octanol–water partition coefficient (Wildman–Crippen LogP) is 3.03. The maximum atomic E-state index is 11.4. The van der Waals surface area contributed by atoms with Crippen LogP contribution in [0.15, 0.2) is 40.8 Å². The van der Waals surface area contributed by atoms with Crippen molar-refractivity contribution >= 4 is 11.9 Å². The number of carbonyl (C=O) groups excluding carboxylic acids is 1. The van der Waals surface area contributed by atoms with Crippen molar-refractivity contribution in [2.24, 2.45) is 0 Å². The predicted molar refractivity (Wildman–Crippen MR) is 88.7 cm³/mol. The number of carboxylic acid groups (broad SMARTS) is 1. The fraction of sp³-hybridized carbons (Fsp3) is 0.333. The standard InChI is InChI=1S/C18H21NO5/c1-3-10-19(12-17(20)21)11-15-8-9-16(24-15)13-4-6-14(7-5-13)18(22)23-2/h4-9H,3,10-12H2,1-2H3,(H,20,21). The summed E-state index contributed by atoms with van der Waals surface area (Å²) in [6, 6.07) is 10.6. The van der Waals surface area contributed by atoms with Crippen LogP contribution in [0.5, 0.6) is 0 Å². The molecule has 0 atom stereocenters. The molecule has 2 rings (SSSR count). The highest BCUT2D eigenvalue weighted by Gasteiger charge is 2.13. The summed E-state index contributed by atoms with van der Waals surface area (Å²) >= 11 is 0. The van der Waals surface area contributed by atoms with E-state index in [1.54, 1.807) is 24.3 Å². The van der Waals surface area contributed by atoms with Crippen molar-refractivity contribution in [2.45, 2.75) is 19.9 Å². The molecule has 0 aliphatic carbocycles. The summed E-state index contributed by atoms with van der Waals surface area (Å²) < 4.78 is 10.5. The largest absolute Gasteiger partial charge is 0.480 e. The number of esters is 1. The highest BCUT2D eigenvalue weighted by molar-refractivity contribution is 5.89. The number of furan rings is 1. The Kier molecular flexibility index (Phi) is 6.14. The summed E-state index contributed by atoms with van der Waals surface area (Å²) in [5.74, 6) is 0.143. The normalized spacial score (nSPS) is 10.8. The molecule has 24 heavy (non-hydrogen) atoms. The van der Waals surface area contributed by atoms with Gasteiger partial charge in [-0.15, -0.1) is 0 Å². The van der Waals surface area contributed by atoms with E-state index in [0.29, 0.717) is 30.2 Å². The molecular weight excluding hydrogens is 310 g/mol. The maximum Gasteiger partial charge on any atom is 0.337 e. The molecule has 0 bridgehead atoms. The van der Waals surface area contributed by atoms with Gasteiger partial charge in [0.25, 0.3) is 0 Å². The molecule has 0 saturated carbocycles. The molecule has 0 fully saturated rings. The topological polar surface area (TPSA) is 80.0 Å². The lowest BCUT2D eigenvalue weighted by Crippen LogP contribution is -2.29. The van der Waals surface area contributed by atoms with Gasteiger partial charge in [-0.05, 0) is 37.2 Å². The molecule has 0 spiro atoms. The minimum atomic E-state index is -0.853. The van der Waals surface area contributed by atoms with Gasteiger partial charge in [0.15, 0.2) is 0 Å². The number of methoxy groups -OCH3 is 1. The Morgan fingerprint density at radius 3 is 2.46 bits per heavy atom. The van der Waals surface area contributed by atoms with Crippen molar-refractivity contribution in [1.29, 1.82) is 0 Å². The van der Waals surface area contributed by atoms with Gasteiger partial charge in [0.2, 0.25) is 0 Å². The van der Waals surface area contributed by atoms with Gasteiger partial charge in [-0.3, -0.25) is 9.69 Å². The molecule has 0 aliphatic heterocycles. The second-order valence-corrected chi connectivity index (χ2v) is 5.44. The van der Waals surface area contributed by atoms with Crippen LogP contribution < -0.4 is 0 Å². The fourth-order valence-corrected chi connectivity index (χ4v) is 2.45. The summed E-state index contributed by atoms with van der Waals surface area (Å²) in [7, 11) is 1.34. The number of hydrogen-bond acceptors (Lipinski definition) is 5. The summed E-state index contributed by atoms with van der Waals surface area (Å²) in [6.45, 7) is 3.12. The van der Waals surface area contributed by atoms with Crippen LogP contribution >= 0.6 is 0 Å². The van der Waals surface area contributed by atoms with Crippen molar-refractivity contribution in [3.05, 3.63) is 47.7 Å². The zero-order valence-electron chi connectivity index (χ0n) is 13.8. The van der Waals surface area contributed by atoms with E-state index in [9.17, 15) is 9.59 Å². The average Bonchev–Trinajstić information content (AvgIpc) is 3.02. The van der Waals surface area contributed by atoms with Crippen LogP contribution in [0.2, 0.25) is 0 Å². The van der Waals surface area contributed by atoms with Crippen LogP contribution in [-0.4, -0.2) is 42.1 Å². The molecule has 0 aliphatic rings. The van der Waals surface area contributed by atoms with Crippen LogP contribution in [0, 0.1) is 0 Å². The number of carboxylic acids is 1. The Bertz CT molecular complexity index is 690. The van der Waals surface area contributed by atoms with E-state index in [4.69, 9.17) is 9.52 Å². The Balaban J connectivity index is 2.09. The second-order valence-electron chi connectivity index (χ2n) is 5.44. The quantitative estimate of drug-likeness (QED) is 0.749. The van der Waals surface area contributed by atoms with Crippen molar-refractivity contribution in [3.8, 4) is 11.3 Å². The first-order valence-electron chi connectivity index (χ1n) is 7.75. The highest BCUT2D eigenvalue weighted by atomic mass is 16.5. The third-order valence-electron chi connectivity index (χ3n) is 3.53. The van der Waals surface area contributed by atoms with Crippen LogP contribution in [0.4, 0.5) is 0 Å². The third-order valence-corrected chi connectivity index (χ3v) is 3.53. The third kappa shape index (κ3) is 4.70. The molecule has 1 aromatic heterocycles. The number of carbonyl (C=O) groups is 2. The smallest absolute Gasteiger partial charge is 0.337 e. The van der Waals surface area contributed by atoms with E-state index in [1.807, 2.05) is 24.0 Å². The lowest BCUT2D eigenvalue weighted by atomic mass is 10.1.